The van der Waals surface area contributed by atoms with Gasteiger partial charge in [-0.3, -0.25) is 4.79 Å². The number of hydrogen-bond donors (Lipinski definition) is 3. The monoisotopic (exact) mass is 375 g/mol. The first-order valence-electron chi connectivity index (χ1n) is 7.39. The predicted molar refractivity (Wildman–Crippen MR) is 98.5 cm³/mol. The van der Waals surface area contributed by atoms with E-state index >= 15 is 0 Å². The maximum Gasteiger partial charge on any atom is 0.335 e. The number of carbonyl (C=O) groups excluding carboxylic acids is 1. The summed E-state index contributed by atoms with van der Waals surface area (Å²) in [5, 5.41) is 12.2. The van der Waals surface area contributed by atoms with Crippen LogP contribution in [-0.2, 0) is 4.79 Å². The minimum atomic E-state index is -1.09. The lowest BCUT2D eigenvalue weighted by atomic mass is 10.2. The van der Waals surface area contributed by atoms with Crippen LogP contribution in [0.4, 0.5) is 5.69 Å². The smallest absolute Gasteiger partial charge is 0.335 e. The molecule has 3 N–H and O–H groups in total. The van der Waals surface area contributed by atoms with E-state index < -0.39 is 11.2 Å². The molecule has 2 aromatic carbocycles. The molecule has 1 atom stereocenters. The number of amides is 1. The summed E-state index contributed by atoms with van der Waals surface area (Å²) in [6.45, 7) is 1.74. The van der Waals surface area contributed by atoms with Crippen molar-refractivity contribution in [1.82, 2.24) is 9.97 Å². The van der Waals surface area contributed by atoms with Crippen LogP contribution in [-0.4, -0.2) is 32.2 Å². The van der Waals surface area contributed by atoms with E-state index in [4.69, 9.17) is 16.7 Å². The Morgan fingerprint density at radius 3 is 2.76 bits per heavy atom. The third-order valence-corrected chi connectivity index (χ3v) is 4.81. The quantitative estimate of drug-likeness (QED) is 0.585. The lowest BCUT2D eigenvalue weighted by Crippen LogP contribution is -2.22. The molecular formula is C17H14ClN3O3S. The zero-order valence-corrected chi connectivity index (χ0v) is 14.7. The maximum atomic E-state index is 12.4. The van der Waals surface area contributed by atoms with Gasteiger partial charge in [0.15, 0.2) is 5.16 Å². The molecule has 0 saturated heterocycles. The maximum absolute atomic E-state index is 12.4. The van der Waals surface area contributed by atoms with Crippen molar-refractivity contribution in [2.45, 2.75) is 17.3 Å². The number of thioether (sulfide) groups is 1. The number of carboxylic acids is 1. The Morgan fingerprint density at radius 2 is 2.04 bits per heavy atom. The van der Waals surface area contributed by atoms with E-state index in [1.165, 1.54) is 30.0 Å². The normalized spacial score (nSPS) is 12.1. The average Bonchev–Trinajstić information content (AvgIpc) is 2.98. The number of H-pyrrole nitrogens is 1. The molecule has 6 nitrogen and oxygen atoms in total. The van der Waals surface area contributed by atoms with Crippen LogP contribution in [0.25, 0.3) is 11.0 Å². The Morgan fingerprint density at radius 1 is 1.28 bits per heavy atom. The number of aromatic nitrogens is 2. The summed E-state index contributed by atoms with van der Waals surface area (Å²) < 4.78 is 0. The zero-order chi connectivity index (χ0) is 18.0. The number of aromatic carboxylic acids is 1. The number of carbonyl (C=O) groups is 2. The fourth-order valence-electron chi connectivity index (χ4n) is 2.19. The van der Waals surface area contributed by atoms with E-state index in [2.05, 4.69) is 15.3 Å². The number of aromatic amines is 1. The van der Waals surface area contributed by atoms with Gasteiger partial charge < -0.3 is 15.4 Å². The Kier molecular flexibility index (Phi) is 4.96. The van der Waals surface area contributed by atoms with Crippen LogP contribution in [0.2, 0.25) is 5.02 Å². The standard InChI is InChI=1S/C17H14ClN3O3S/c1-9(25-17-20-12-4-2-3-5-13(12)21-17)15(22)19-14-8-10(16(23)24)6-7-11(14)18/h2-9H,1H3,(H,19,22)(H,20,21)(H,23,24). The number of para-hydroxylation sites is 2. The van der Waals surface area contributed by atoms with Crippen LogP contribution in [0.5, 0.6) is 0 Å². The number of anilines is 1. The van der Waals surface area contributed by atoms with E-state index in [1.807, 2.05) is 24.3 Å². The molecule has 128 valence electrons. The Bertz CT molecular complexity index is 924. The average molecular weight is 376 g/mol. The second-order valence-electron chi connectivity index (χ2n) is 5.31. The van der Waals surface area contributed by atoms with Crippen molar-refractivity contribution in [2.24, 2.45) is 0 Å². The number of nitrogens with one attached hydrogen (secondary N) is 2. The first kappa shape index (κ1) is 17.3. The van der Waals surface area contributed by atoms with Crippen LogP contribution < -0.4 is 5.32 Å². The van der Waals surface area contributed by atoms with Crippen molar-refractivity contribution in [2.75, 3.05) is 5.32 Å². The molecule has 1 amide bonds. The van der Waals surface area contributed by atoms with Gasteiger partial charge in [0.25, 0.3) is 0 Å². The molecule has 0 saturated carbocycles. The molecule has 1 aromatic heterocycles. The minimum Gasteiger partial charge on any atom is -0.478 e. The number of carboxylic acid groups (broad SMARTS) is 1. The molecule has 3 aromatic rings. The van der Waals surface area contributed by atoms with Gasteiger partial charge in [-0.05, 0) is 37.3 Å². The molecule has 0 aliphatic carbocycles. The highest BCUT2D eigenvalue weighted by Crippen LogP contribution is 2.27. The van der Waals surface area contributed by atoms with E-state index in [0.29, 0.717) is 5.16 Å². The third kappa shape index (κ3) is 3.94. The van der Waals surface area contributed by atoms with Crippen LogP contribution in [0.15, 0.2) is 47.6 Å². The number of fused-ring (bicyclic) bond motifs is 1. The van der Waals surface area contributed by atoms with Crippen LogP contribution >= 0.6 is 23.4 Å². The van der Waals surface area contributed by atoms with Crippen LogP contribution in [0, 0.1) is 0 Å². The molecule has 0 fully saturated rings. The zero-order valence-electron chi connectivity index (χ0n) is 13.1. The Labute approximate surface area is 152 Å². The molecule has 0 bridgehead atoms. The lowest BCUT2D eigenvalue weighted by Gasteiger charge is -2.12. The number of hydrogen-bond acceptors (Lipinski definition) is 4. The van der Waals surface area contributed by atoms with E-state index in [9.17, 15) is 9.59 Å². The van der Waals surface area contributed by atoms with Gasteiger partial charge in [-0.1, -0.05) is 35.5 Å². The molecule has 0 spiro atoms. The van der Waals surface area contributed by atoms with Crippen molar-refractivity contribution in [1.29, 1.82) is 0 Å². The summed E-state index contributed by atoms with van der Waals surface area (Å²) >= 11 is 7.31. The molecule has 1 heterocycles. The van der Waals surface area contributed by atoms with Crippen LogP contribution in [0.3, 0.4) is 0 Å². The SMILES string of the molecule is CC(Sc1nc2ccccc2[nH]1)C(=O)Nc1cc(C(=O)O)ccc1Cl. The third-order valence-electron chi connectivity index (χ3n) is 3.50. The highest BCUT2D eigenvalue weighted by atomic mass is 35.5. The van der Waals surface area contributed by atoms with Gasteiger partial charge in [0, 0.05) is 0 Å². The Hall–Kier alpha value is -2.51. The number of rotatable bonds is 5. The van der Waals surface area contributed by atoms with Gasteiger partial charge in [0.05, 0.1) is 32.6 Å². The number of nitrogens with zero attached hydrogens (tertiary/aromatic N) is 1. The van der Waals surface area contributed by atoms with Crippen molar-refractivity contribution < 1.29 is 14.7 Å². The summed E-state index contributed by atoms with van der Waals surface area (Å²) in [6, 6.07) is 11.8. The minimum absolute atomic E-state index is 0.0530. The first-order valence-corrected chi connectivity index (χ1v) is 8.65. The number of imidazole rings is 1. The van der Waals surface area contributed by atoms with Gasteiger partial charge >= 0.3 is 5.97 Å². The van der Waals surface area contributed by atoms with Crippen molar-refractivity contribution >= 4 is 52.0 Å². The van der Waals surface area contributed by atoms with Crippen molar-refractivity contribution in [3.8, 4) is 0 Å². The van der Waals surface area contributed by atoms with Crippen LogP contribution in [0.1, 0.15) is 17.3 Å². The molecule has 1 unspecified atom stereocenters. The number of benzene rings is 2. The van der Waals surface area contributed by atoms with Gasteiger partial charge in [0.2, 0.25) is 5.91 Å². The van der Waals surface area contributed by atoms with Gasteiger partial charge in [-0.15, -0.1) is 0 Å². The van der Waals surface area contributed by atoms with E-state index in [0.717, 1.165) is 11.0 Å². The highest BCUT2D eigenvalue weighted by Gasteiger charge is 2.18. The summed E-state index contributed by atoms with van der Waals surface area (Å²) in [5.74, 6) is -1.38. The second-order valence-corrected chi connectivity index (χ2v) is 7.04. The fourth-order valence-corrected chi connectivity index (χ4v) is 3.18. The van der Waals surface area contributed by atoms with Gasteiger partial charge in [0.1, 0.15) is 0 Å². The largest absolute Gasteiger partial charge is 0.478 e. The van der Waals surface area contributed by atoms with Crippen molar-refractivity contribution in [3.63, 3.8) is 0 Å². The molecule has 25 heavy (non-hydrogen) atoms. The topological polar surface area (TPSA) is 95.1 Å². The Balaban J connectivity index is 1.72. The molecule has 0 radical (unpaired) electrons. The van der Waals surface area contributed by atoms with Crippen molar-refractivity contribution in [3.05, 3.63) is 53.1 Å². The molecule has 8 heteroatoms. The molecule has 3 rings (SSSR count). The van der Waals surface area contributed by atoms with E-state index in [-0.39, 0.29) is 22.2 Å². The number of halogens is 1. The summed E-state index contributed by atoms with van der Waals surface area (Å²) in [4.78, 5) is 31.0. The summed E-state index contributed by atoms with van der Waals surface area (Å²) in [6.07, 6.45) is 0. The molecule has 0 aliphatic rings. The first-order chi connectivity index (χ1) is 11.9. The second kappa shape index (κ2) is 7.16. The summed E-state index contributed by atoms with van der Waals surface area (Å²) in [5.41, 5.74) is 2.05. The molecule has 0 aliphatic heterocycles. The van der Waals surface area contributed by atoms with Gasteiger partial charge in [-0.25, -0.2) is 9.78 Å². The fraction of sp³-hybridized carbons (Fsp3) is 0.118. The lowest BCUT2D eigenvalue weighted by molar-refractivity contribution is -0.115. The summed E-state index contributed by atoms with van der Waals surface area (Å²) in [7, 11) is 0. The highest BCUT2D eigenvalue weighted by molar-refractivity contribution is 8.00. The predicted octanol–water partition coefficient (Wildman–Crippen LogP) is 4.03. The van der Waals surface area contributed by atoms with E-state index in [1.54, 1.807) is 6.92 Å². The van der Waals surface area contributed by atoms with Gasteiger partial charge in [-0.2, -0.15) is 0 Å². The molecular weight excluding hydrogens is 362 g/mol.